The van der Waals surface area contributed by atoms with Gasteiger partial charge in [0.25, 0.3) is 0 Å². The van der Waals surface area contributed by atoms with E-state index in [1.165, 1.54) is 0 Å². The fourth-order valence-corrected chi connectivity index (χ4v) is 2.76. The molecule has 0 aromatic carbocycles. The van der Waals surface area contributed by atoms with Gasteiger partial charge in [-0.25, -0.2) is 0 Å². The Labute approximate surface area is 102 Å². The Kier molecular flexibility index (Phi) is 3.66. The first-order valence-corrected chi connectivity index (χ1v) is 6.38. The van der Waals surface area contributed by atoms with Crippen molar-refractivity contribution in [2.75, 3.05) is 19.6 Å². The van der Waals surface area contributed by atoms with Gasteiger partial charge < -0.3 is 15.5 Å². The first kappa shape index (κ1) is 12.4. The quantitative estimate of drug-likeness (QED) is 0.661. The van der Waals surface area contributed by atoms with Gasteiger partial charge in [0.15, 0.2) is 0 Å². The standard InChI is InChI=1S/C12H21N3O2/c1-8-6-15(7-9(2)14-8)12(17)10-3-4-13-11(16)5-10/h8-10,14H,3-7H2,1-2H3,(H,13,16)/t8-,9+,10-/m1/s1. The van der Waals surface area contributed by atoms with E-state index in [1.807, 2.05) is 4.90 Å². The van der Waals surface area contributed by atoms with Gasteiger partial charge in [0.2, 0.25) is 11.8 Å². The minimum atomic E-state index is -0.110. The van der Waals surface area contributed by atoms with Crippen LogP contribution in [0.25, 0.3) is 0 Å². The molecule has 2 heterocycles. The lowest BCUT2D eigenvalue weighted by Crippen LogP contribution is -2.57. The smallest absolute Gasteiger partial charge is 0.226 e. The molecule has 2 N–H and O–H groups in total. The number of rotatable bonds is 1. The molecule has 5 heteroatoms. The minimum absolute atomic E-state index is 0.00540. The van der Waals surface area contributed by atoms with Crippen LogP contribution in [0.1, 0.15) is 26.7 Å². The van der Waals surface area contributed by atoms with E-state index in [9.17, 15) is 9.59 Å². The predicted octanol–water partition coefficient (Wildman–Crippen LogP) is -0.279. The summed E-state index contributed by atoms with van der Waals surface area (Å²) >= 11 is 0. The molecule has 2 aliphatic rings. The van der Waals surface area contributed by atoms with Gasteiger partial charge in [-0.05, 0) is 20.3 Å². The van der Waals surface area contributed by atoms with Crippen molar-refractivity contribution < 1.29 is 9.59 Å². The number of carbonyl (C=O) groups excluding carboxylic acids is 2. The fourth-order valence-electron chi connectivity index (χ4n) is 2.76. The van der Waals surface area contributed by atoms with Crippen LogP contribution in [0, 0.1) is 5.92 Å². The van der Waals surface area contributed by atoms with Crippen molar-refractivity contribution in [3.05, 3.63) is 0 Å². The van der Waals surface area contributed by atoms with Gasteiger partial charge in [-0.3, -0.25) is 9.59 Å². The summed E-state index contributed by atoms with van der Waals surface area (Å²) in [5, 5.41) is 6.17. The summed E-state index contributed by atoms with van der Waals surface area (Å²) < 4.78 is 0. The Morgan fingerprint density at radius 1 is 1.29 bits per heavy atom. The van der Waals surface area contributed by atoms with Gasteiger partial charge in [-0.1, -0.05) is 0 Å². The van der Waals surface area contributed by atoms with Crippen LogP contribution in [0.5, 0.6) is 0 Å². The lowest BCUT2D eigenvalue weighted by molar-refractivity contribution is -0.141. The van der Waals surface area contributed by atoms with Gasteiger partial charge in [-0.2, -0.15) is 0 Å². The molecular formula is C12H21N3O2. The zero-order valence-electron chi connectivity index (χ0n) is 10.5. The van der Waals surface area contributed by atoms with Crippen molar-refractivity contribution >= 4 is 11.8 Å². The number of hydrogen-bond donors (Lipinski definition) is 2. The summed E-state index contributed by atoms with van der Waals surface area (Å²) in [4.78, 5) is 25.5. The van der Waals surface area contributed by atoms with Gasteiger partial charge >= 0.3 is 0 Å². The number of nitrogens with zero attached hydrogens (tertiary/aromatic N) is 1. The molecule has 2 fully saturated rings. The lowest BCUT2D eigenvalue weighted by atomic mass is 9.95. The Balaban J connectivity index is 1.96. The molecule has 0 aromatic heterocycles. The average Bonchev–Trinajstić information content (AvgIpc) is 2.26. The SMILES string of the molecule is C[C@@H]1CN(C(=O)[C@@H]2CCNC(=O)C2)C[C@H](C)N1. The molecule has 17 heavy (non-hydrogen) atoms. The number of piperidine rings is 1. The largest absolute Gasteiger partial charge is 0.356 e. The van der Waals surface area contributed by atoms with Crippen LogP contribution in [0.4, 0.5) is 0 Å². The molecular weight excluding hydrogens is 218 g/mol. The van der Waals surface area contributed by atoms with Gasteiger partial charge in [-0.15, -0.1) is 0 Å². The molecule has 5 nitrogen and oxygen atoms in total. The highest BCUT2D eigenvalue weighted by molar-refractivity contribution is 5.87. The van der Waals surface area contributed by atoms with E-state index in [0.717, 1.165) is 19.5 Å². The molecule has 3 atom stereocenters. The first-order valence-electron chi connectivity index (χ1n) is 6.38. The van der Waals surface area contributed by atoms with Crippen LogP contribution in [-0.2, 0) is 9.59 Å². The Hall–Kier alpha value is -1.10. The summed E-state index contributed by atoms with van der Waals surface area (Å²) in [6.07, 6.45) is 1.13. The van der Waals surface area contributed by atoms with Gasteiger partial charge in [0.1, 0.15) is 0 Å². The van der Waals surface area contributed by atoms with Crippen LogP contribution in [-0.4, -0.2) is 48.4 Å². The summed E-state index contributed by atoms with van der Waals surface area (Å²) in [5.74, 6) is 0.0483. The molecule has 0 unspecified atom stereocenters. The minimum Gasteiger partial charge on any atom is -0.356 e. The van der Waals surface area contributed by atoms with Crippen molar-refractivity contribution in [3.8, 4) is 0 Å². The van der Waals surface area contributed by atoms with Crippen LogP contribution in [0.3, 0.4) is 0 Å². The van der Waals surface area contributed by atoms with Gasteiger partial charge in [0, 0.05) is 44.1 Å². The summed E-state index contributed by atoms with van der Waals surface area (Å²) in [5.41, 5.74) is 0. The van der Waals surface area contributed by atoms with E-state index < -0.39 is 0 Å². The van der Waals surface area contributed by atoms with E-state index in [1.54, 1.807) is 0 Å². The van der Waals surface area contributed by atoms with E-state index in [-0.39, 0.29) is 17.7 Å². The highest BCUT2D eigenvalue weighted by atomic mass is 16.2. The van der Waals surface area contributed by atoms with Crippen LogP contribution in [0.15, 0.2) is 0 Å². The molecule has 0 radical (unpaired) electrons. The molecule has 2 rings (SSSR count). The highest BCUT2D eigenvalue weighted by Crippen LogP contribution is 2.17. The molecule has 96 valence electrons. The van der Waals surface area contributed by atoms with Crippen molar-refractivity contribution in [3.63, 3.8) is 0 Å². The molecule has 0 spiro atoms. The summed E-state index contributed by atoms with van der Waals surface area (Å²) in [6, 6.07) is 0.667. The summed E-state index contributed by atoms with van der Waals surface area (Å²) in [7, 11) is 0. The second kappa shape index (κ2) is 5.04. The molecule has 0 aliphatic carbocycles. The van der Waals surface area contributed by atoms with Crippen LogP contribution in [0.2, 0.25) is 0 Å². The summed E-state index contributed by atoms with van der Waals surface area (Å²) in [6.45, 7) is 6.31. The topological polar surface area (TPSA) is 61.4 Å². The second-order valence-corrected chi connectivity index (χ2v) is 5.25. The van der Waals surface area contributed by atoms with E-state index in [4.69, 9.17) is 0 Å². The number of carbonyl (C=O) groups is 2. The molecule has 0 saturated carbocycles. The number of hydrogen-bond acceptors (Lipinski definition) is 3. The average molecular weight is 239 g/mol. The van der Waals surface area contributed by atoms with Crippen LogP contribution < -0.4 is 10.6 Å². The maximum atomic E-state index is 12.3. The Morgan fingerprint density at radius 3 is 2.53 bits per heavy atom. The molecule has 0 bridgehead atoms. The van der Waals surface area contributed by atoms with Crippen molar-refractivity contribution in [1.29, 1.82) is 0 Å². The third-order valence-electron chi connectivity index (χ3n) is 3.47. The van der Waals surface area contributed by atoms with Crippen molar-refractivity contribution in [2.24, 2.45) is 5.92 Å². The monoisotopic (exact) mass is 239 g/mol. The maximum Gasteiger partial charge on any atom is 0.226 e. The highest BCUT2D eigenvalue weighted by Gasteiger charge is 2.32. The van der Waals surface area contributed by atoms with Gasteiger partial charge in [0.05, 0.1) is 0 Å². The predicted molar refractivity (Wildman–Crippen MR) is 64.4 cm³/mol. The molecule has 2 amide bonds. The third kappa shape index (κ3) is 2.97. The number of amides is 2. The van der Waals surface area contributed by atoms with Crippen molar-refractivity contribution in [2.45, 2.75) is 38.8 Å². The maximum absolute atomic E-state index is 12.3. The number of nitrogens with one attached hydrogen (secondary N) is 2. The third-order valence-corrected chi connectivity index (χ3v) is 3.47. The lowest BCUT2D eigenvalue weighted by Gasteiger charge is -2.38. The molecule has 0 aromatic rings. The molecule has 2 saturated heterocycles. The first-order chi connectivity index (χ1) is 8.06. The van der Waals surface area contributed by atoms with Crippen molar-refractivity contribution in [1.82, 2.24) is 15.5 Å². The van der Waals surface area contributed by atoms with Crippen LogP contribution >= 0.6 is 0 Å². The number of piperazine rings is 1. The van der Waals surface area contributed by atoms with E-state index in [0.29, 0.717) is 25.0 Å². The van der Waals surface area contributed by atoms with E-state index in [2.05, 4.69) is 24.5 Å². The normalized spacial score (nSPS) is 34.4. The molecule has 2 aliphatic heterocycles. The second-order valence-electron chi connectivity index (χ2n) is 5.25. The Bertz CT molecular complexity index is 309. The van der Waals surface area contributed by atoms with E-state index >= 15 is 0 Å². The Morgan fingerprint density at radius 2 is 1.94 bits per heavy atom. The fraction of sp³-hybridized carbons (Fsp3) is 0.833. The zero-order chi connectivity index (χ0) is 12.4. The zero-order valence-corrected chi connectivity index (χ0v) is 10.5.